The molecule has 4 atom stereocenters. The van der Waals surface area contributed by atoms with Gasteiger partial charge >= 0.3 is 0 Å². The molecule has 1 amide bonds. The van der Waals surface area contributed by atoms with E-state index in [0.717, 1.165) is 4.90 Å². The lowest BCUT2D eigenvalue weighted by Crippen LogP contribution is -2.46. The molecule has 0 radical (unpaired) electrons. The zero-order valence-electron chi connectivity index (χ0n) is 8.15. The lowest BCUT2D eigenvalue weighted by molar-refractivity contribution is -0.138. The van der Waals surface area contributed by atoms with Gasteiger partial charge in [-0.1, -0.05) is 24.0 Å². The first kappa shape index (κ1) is 12.2. The molecule has 2 saturated heterocycles. The Hall–Kier alpha value is -0.250. The van der Waals surface area contributed by atoms with Crippen molar-refractivity contribution in [2.24, 2.45) is 0 Å². The Morgan fingerprint density at radius 2 is 2.19 bits per heavy atom. The fraction of sp³-hybridized carbons (Fsp3) is 0.750. The number of nitrogens with zero attached hydrogens (tertiary/aromatic N) is 1. The van der Waals surface area contributed by atoms with Crippen LogP contribution in [0, 0.1) is 0 Å². The van der Waals surface area contributed by atoms with Crippen molar-refractivity contribution >= 4 is 34.2 Å². The first-order valence-corrected chi connectivity index (χ1v) is 6.07. The second-order valence-electron chi connectivity index (χ2n) is 3.55. The summed E-state index contributed by atoms with van der Waals surface area (Å²) in [6.45, 7) is -0.420. The van der Waals surface area contributed by atoms with Gasteiger partial charge in [0.2, 0.25) is 5.91 Å². The van der Waals surface area contributed by atoms with Gasteiger partial charge in [-0.2, -0.15) is 0 Å². The number of aliphatic hydroxyl groups excluding tert-OH is 3. The molecule has 0 aromatic rings. The minimum absolute atomic E-state index is 0.214. The quantitative estimate of drug-likeness (QED) is 0.512. The number of thiocarbonyl (C=S) groups is 1. The van der Waals surface area contributed by atoms with Crippen LogP contribution in [0.4, 0.5) is 0 Å². The fourth-order valence-corrected chi connectivity index (χ4v) is 2.82. The van der Waals surface area contributed by atoms with Gasteiger partial charge in [0.05, 0.1) is 12.4 Å². The van der Waals surface area contributed by atoms with Crippen LogP contribution < -0.4 is 0 Å². The molecule has 8 heteroatoms. The van der Waals surface area contributed by atoms with Crippen molar-refractivity contribution in [3.63, 3.8) is 0 Å². The Morgan fingerprint density at radius 1 is 1.50 bits per heavy atom. The Labute approximate surface area is 101 Å². The van der Waals surface area contributed by atoms with E-state index in [4.69, 9.17) is 22.1 Å². The van der Waals surface area contributed by atoms with Gasteiger partial charge in [0.15, 0.2) is 6.23 Å². The van der Waals surface area contributed by atoms with E-state index >= 15 is 0 Å². The number of thioether (sulfide) groups is 1. The zero-order chi connectivity index (χ0) is 11.9. The molecule has 2 fully saturated rings. The van der Waals surface area contributed by atoms with Crippen molar-refractivity contribution in [3.8, 4) is 0 Å². The molecule has 0 saturated carbocycles. The molecule has 0 bridgehead atoms. The molecule has 2 aliphatic heterocycles. The molecule has 0 aliphatic carbocycles. The van der Waals surface area contributed by atoms with E-state index in [0.29, 0.717) is 4.32 Å². The molecule has 0 spiro atoms. The van der Waals surface area contributed by atoms with Crippen LogP contribution in [0.25, 0.3) is 0 Å². The van der Waals surface area contributed by atoms with Gasteiger partial charge < -0.3 is 20.1 Å². The second-order valence-corrected chi connectivity index (χ2v) is 5.16. The molecule has 2 aliphatic rings. The molecular formula is C8H11NO5S2. The average molecular weight is 265 g/mol. The number of carbonyl (C=O) groups is 1. The van der Waals surface area contributed by atoms with Crippen molar-refractivity contribution in [1.29, 1.82) is 0 Å². The molecule has 2 heterocycles. The van der Waals surface area contributed by atoms with Crippen molar-refractivity contribution in [3.05, 3.63) is 0 Å². The molecule has 6 nitrogen and oxygen atoms in total. The average Bonchev–Trinajstić information content (AvgIpc) is 2.72. The van der Waals surface area contributed by atoms with Gasteiger partial charge in [0, 0.05) is 0 Å². The van der Waals surface area contributed by atoms with Gasteiger partial charge in [-0.25, -0.2) is 0 Å². The topological polar surface area (TPSA) is 90.2 Å². The minimum atomic E-state index is -1.25. The van der Waals surface area contributed by atoms with Crippen LogP contribution in [0.15, 0.2) is 0 Å². The van der Waals surface area contributed by atoms with Crippen LogP contribution in [0.3, 0.4) is 0 Å². The number of aliphatic hydroxyl groups is 3. The summed E-state index contributed by atoms with van der Waals surface area (Å²) in [5.74, 6) is -0.0458. The normalized spacial score (nSPS) is 39.8. The van der Waals surface area contributed by atoms with E-state index in [1.165, 1.54) is 11.8 Å². The number of hydrogen-bond donors (Lipinski definition) is 3. The maximum atomic E-state index is 11.5. The first-order chi connectivity index (χ1) is 7.56. The minimum Gasteiger partial charge on any atom is -0.394 e. The van der Waals surface area contributed by atoms with E-state index < -0.39 is 31.1 Å². The Bertz CT molecular complexity index is 310. The number of rotatable bonds is 2. The van der Waals surface area contributed by atoms with Crippen molar-refractivity contribution in [1.82, 2.24) is 4.90 Å². The molecule has 3 N–H and O–H groups in total. The van der Waals surface area contributed by atoms with E-state index in [1.54, 1.807) is 0 Å². The largest absolute Gasteiger partial charge is 0.394 e. The van der Waals surface area contributed by atoms with Crippen LogP contribution in [-0.2, 0) is 9.53 Å². The van der Waals surface area contributed by atoms with Crippen LogP contribution in [0.2, 0.25) is 0 Å². The van der Waals surface area contributed by atoms with E-state index in [-0.39, 0.29) is 11.7 Å². The third-order valence-corrected chi connectivity index (χ3v) is 3.94. The van der Waals surface area contributed by atoms with Gasteiger partial charge in [0.1, 0.15) is 22.6 Å². The highest BCUT2D eigenvalue weighted by molar-refractivity contribution is 8.23. The van der Waals surface area contributed by atoms with Gasteiger partial charge in [-0.15, -0.1) is 0 Å². The van der Waals surface area contributed by atoms with Crippen molar-refractivity contribution in [2.45, 2.75) is 24.5 Å². The summed E-state index contributed by atoms with van der Waals surface area (Å²) in [5, 5.41) is 28.2. The number of carbonyl (C=O) groups excluding carboxylic acids is 1. The summed E-state index contributed by atoms with van der Waals surface area (Å²) in [4.78, 5) is 12.7. The summed E-state index contributed by atoms with van der Waals surface area (Å²) < 4.78 is 5.53. The maximum Gasteiger partial charge on any atom is 0.240 e. The summed E-state index contributed by atoms with van der Waals surface area (Å²) in [5.41, 5.74) is 0. The maximum absolute atomic E-state index is 11.5. The number of amides is 1. The summed E-state index contributed by atoms with van der Waals surface area (Å²) in [6, 6.07) is 0. The molecule has 16 heavy (non-hydrogen) atoms. The standard InChI is InChI=1S/C8H11NO5S2/c10-1-3-5(12)6(13)7(14-3)9-4(11)2-16-8(9)15/h3,5-7,10,12-13H,1-2H2/t3-,5+,6+,7-/m0/s1. The van der Waals surface area contributed by atoms with Crippen LogP contribution in [0.5, 0.6) is 0 Å². The Kier molecular flexibility index (Phi) is 3.48. The Balaban J connectivity index is 2.16. The van der Waals surface area contributed by atoms with E-state index in [9.17, 15) is 15.0 Å². The smallest absolute Gasteiger partial charge is 0.240 e. The third-order valence-electron chi connectivity index (χ3n) is 2.56. The predicted octanol–water partition coefficient (Wildman–Crippen LogP) is -1.71. The lowest BCUT2D eigenvalue weighted by atomic mass is 10.1. The SMILES string of the molecule is O=C1CSC(=S)N1[C@H]1O[C@@H](CO)[C@@H](O)[C@H]1O. The highest BCUT2D eigenvalue weighted by Crippen LogP contribution is 2.30. The zero-order valence-corrected chi connectivity index (χ0v) is 9.78. The highest BCUT2D eigenvalue weighted by atomic mass is 32.2. The monoisotopic (exact) mass is 265 g/mol. The van der Waals surface area contributed by atoms with Gasteiger partial charge in [-0.05, 0) is 0 Å². The van der Waals surface area contributed by atoms with E-state index in [1.807, 2.05) is 0 Å². The first-order valence-electron chi connectivity index (χ1n) is 4.67. The van der Waals surface area contributed by atoms with Gasteiger partial charge in [-0.3, -0.25) is 9.69 Å². The predicted molar refractivity (Wildman–Crippen MR) is 59.7 cm³/mol. The molecule has 0 aromatic heterocycles. The lowest BCUT2D eigenvalue weighted by Gasteiger charge is -2.24. The van der Waals surface area contributed by atoms with Crippen LogP contribution in [0.1, 0.15) is 0 Å². The molecule has 0 unspecified atom stereocenters. The molecule has 0 aromatic carbocycles. The number of hydrogen-bond acceptors (Lipinski definition) is 7. The fourth-order valence-electron chi connectivity index (χ4n) is 1.70. The van der Waals surface area contributed by atoms with Crippen LogP contribution >= 0.6 is 24.0 Å². The molecule has 2 rings (SSSR count). The van der Waals surface area contributed by atoms with Crippen LogP contribution in [-0.4, -0.2) is 67.3 Å². The summed E-state index contributed by atoms with van der Waals surface area (Å²) in [7, 11) is 0. The van der Waals surface area contributed by atoms with Crippen molar-refractivity contribution in [2.75, 3.05) is 12.4 Å². The second kappa shape index (κ2) is 4.55. The van der Waals surface area contributed by atoms with E-state index in [2.05, 4.69) is 0 Å². The highest BCUT2D eigenvalue weighted by Gasteiger charge is 2.49. The third kappa shape index (κ3) is 1.85. The van der Waals surface area contributed by atoms with Crippen molar-refractivity contribution < 1.29 is 24.9 Å². The Morgan fingerprint density at radius 3 is 2.62 bits per heavy atom. The molecular weight excluding hydrogens is 254 g/mol. The summed E-state index contributed by atoms with van der Waals surface area (Å²) >= 11 is 6.14. The van der Waals surface area contributed by atoms with Gasteiger partial charge in [0.25, 0.3) is 0 Å². The summed E-state index contributed by atoms with van der Waals surface area (Å²) in [6.07, 6.45) is -4.35. The molecule has 90 valence electrons. The number of ether oxygens (including phenoxy) is 1.